The summed E-state index contributed by atoms with van der Waals surface area (Å²) in [6, 6.07) is -0.125. The molecule has 0 aromatic heterocycles. The fourth-order valence-corrected chi connectivity index (χ4v) is 8.04. The van der Waals surface area contributed by atoms with Crippen LogP contribution in [0.1, 0.15) is 53.4 Å². The Hall–Kier alpha value is -1.32. The van der Waals surface area contributed by atoms with Gasteiger partial charge >= 0.3 is 6.09 Å². The average molecular weight is 525 g/mol. The van der Waals surface area contributed by atoms with Crippen LogP contribution in [0.25, 0.3) is 0 Å². The van der Waals surface area contributed by atoms with Gasteiger partial charge in [-0.2, -0.15) is 11.8 Å². The summed E-state index contributed by atoms with van der Waals surface area (Å²) >= 11 is 1.73. The third-order valence-electron chi connectivity index (χ3n) is 8.29. The van der Waals surface area contributed by atoms with E-state index in [0.717, 1.165) is 31.4 Å². The number of rotatable bonds is 9. The molecule has 2 amide bonds. The summed E-state index contributed by atoms with van der Waals surface area (Å²) in [5.74, 6) is 1.13. The lowest BCUT2D eigenvalue weighted by Gasteiger charge is -2.48. The van der Waals surface area contributed by atoms with Crippen LogP contribution in [0.2, 0.25) is 18.1 Å². The minimum atomic E-state index is -2.01. The molecular weight excluding hydrogens is 480 g/mol. The van der Waals surface area contributed by atoms with Crippen LogP contribution in [-0.4, -0.2) is 73.8 Å². The minimum Gasteiger partial charge on any atom is -0.445 e. The van der Waals surface area contributed by atoms with Crippen LogP contribution in [0.4, 0.5) is 4.79 Å². The van der Waals surface area contributed by atoms with Crippen LogP contribution in [0.5, 0.6) is 0 Å². The largest absolute Gasteiger partial charge is 0.445 e. The van der Waals surface area contributed by atoms with E-state index in [9.17, 15) is 14.4 Å². The number of Topliss-reactive ketones (excluding diaryl/α,β-unsaturated/α-hetero) is 1. The van der Waals surface area contributed by atoms with Crippen molar-refractivity contribution >= 4 is 37.9 Å². The molecule has 0 aromatic rings. The summed E-state index contributed by atoms with van der Waals surface area (Å²) in [6.45, 7) is 18.2. The summed E-state index contributed by atoms with van der Waals surface area (Å²) in [5, 5.41) is 3.08. The van der Waals surface area contributed by atoms with E-state index in [2.05, 4.69) is 45.8 Å². The number of thioether (sulfide) groups is 1. The van der Waals surface area contributed by atoms with Crippen LogP contribution in [0.15, 0.2) is 12.7 Å². The molecule has 1 N–H and O–H groups in total. The van der Waals surface area contributed by atoms with Gasteiger partial charge in [0, 0.05) is 19.0 Å². The van der Waals surface area contributed by atoms with Crippen molar-refractivity contribution in [2.75, 3.05) is 25.4 Å². The van der Waals surface area contributed by atoms with E-state index < -0.39 is 8.32 Å². The number of hydrogen-bond acceptors (Lipinski definition) is 6. The lowest BCUT2D eigenvalue weighted by Crippen LogP contribution is -2.68. The number of ether oxygens (including phenoxy) is 1. The Balaban J connectivity index is 1.53. The Labute approximate surface area is 216 Å². The number of ketones is 1. The van der Waals surface area contributed by atoms with Crippen LogP contribution < -0.4 is 5.32 Å². The Morgan fingerprint density at radius 1 is 1.29 bits per heavy atom. The highest BCUT2D eigenvalue weighted by atomic mass is 32.2. The van der Waals surface area contributed by atoms with Gasteiger partial charge < -0.3 is 19.4 Å². The molecule has 1 saturated carbocycles. The normalized spacial score (nSPS) is 30.5. The van der Waals surface area contributed by atoms with Crippen molar-refractivity contribution < 1.29 is 23.5 Å². The first-order chi connectivity index (χ1) is 16.4. The first kappa shape index (κ1) is 28.3. The van der Waals surface area contributed by atoms with Gasteiger partial charge in [0.1, 0.15) is 6.61 Å². The SMILES string of the molecule is C=CCOC(=O)N1CC[C@H](CS[C@H]2CCC[C@H]([C@H]3NC(=O)[C@@H]3[C@@H](C)O[Si](C)(C)C(C)(C)C)C2=O)C1. The van der Waals surface area contributed by atoms with E-state index in [1.165, 1.54) is 0 Å². The molecule has 0 radical (unpaired) electrons. The van der Waals surface area contributed by atoms with E-state index in [-0.39, 0.29) is 58.7 Å². The molecule has 7 nitrogen and oxygen atoms in total. The number of nitrogens with zero attached hydrogens (tertiary/aromatic N) is 1. The third-order valence-corrected chi connectivity index (χ3v) is 14.4. The predicted octanol–water partition coefficient (Wildman–Crippen LogP) is 4.63. The van der Waals surface area contributed by atoms with Gasteiger partial charge in [0.2, 0.25) is 5.91 Å². The number of carbonyl (C=O) groups excluding carboxylic acids is 3. The van der Waals surface area contributed by atoms with E-state index >= 15 is 0 Å². The Morgan fingerprint density at radius 2 is 2.00 bits per heavy atom. The maximum Gasteiger partial charge on any atom is 0.410 e. The zero-order valence-electron chi connectivity index (χ0n) is 22.3. The number of amides is 2. The number of carbonyl (C=O) groups is 3. The monoisotopic (exact) mass is 524 g/mol. The molecule has 1 aliphatic carbocycles. The third kappa shape index (κ3) is 6.52. The predicted molar refractivity (Wildman–Crippen MR) is 143 cm³/mol. The number of hydrogen-bond donors (Lipinski definition) is 1. The lowest BCUT2D eigenvalue weighted by atomic mass is 9.72. The van der Waals surface area contributed by atoms with Crippen molar-refractivity contribution in [3.63, 3.8) is 0 Å². The molecular formula is C26H44N2O5SSi. The van der Waals surface area contributed by atoms with E-state index in [1.807, 2.05) is 6.92 Å². The number of nitrogens with one attached hydrogen (secondary N) is 1. The van der Waals surface area contributed by atoms with Crippen molar-refractivity contribution in [2.45, 2.75) is 88.9 Å². The van der Waals surface area contributed by atoms with Gasteiger partial charge in [-0.15, -0.1) is 0 Å². The summed E-state index contributed by atoms with van der Waals surface area (Å²) in [7, 11) is -2.01. The van der Waals surface area contributed by atoms with Crippen molar-refractivity contribution in [3.05, 3.63) is 12.7 Å². The zero-order valence-corrected chi connectivity index (χ0v) is 24.1. The summed E-state index contributed by atoms with van der Waals surface area (Å²) < 4.78 is 11.7. The van der Waals surface area contributed by atoms with Crippen molar-refractivity contribution in [1.82, 2.24) is 10.2 Å². The summed E-state index contributed by atoms with van der Waals surface area (Å²) in [4.78, 5) is 39.9. The topological polar surface area (TPSA) is 84.9 Å². The van der Waals surface area contributed by atoms with Crippen molar-refractivity contribution in [1.29, 1.82) is 0 Å². The zero-order chi connectivity index (χ0) is 26.0. The highest BCUT2D eigenvalue weighted by Crippen LogP contribution is 2.42. The molecule has 9 heteroatoms. The van der Waals surface area contributed by atoms with Gasteiger partial charge in [-0.05, 0) is 56.0 Å². The Kier molecular flexibility index (Phi) is 9.19. The Morgan fingerprint density at radius 3 is 2.63 bits per heavy atom. The van der Waals surface area contributed by atoms with Crippen LogP contribution in [0.3, 0.4) is 0 Å². The maximum absolute atomic E-state index is 13.5. The molecule has 2 heterocycles. The van der Waals surface area contributed by atoms with Gasteiger partial charge in [-0.3, -0.25) is 9.59 Å². The molecule has 3 aliphatic rings. The smallest absolute Gasteiger partial charge is 0.410 e. The molecule has 0 spiro atoms. The van der Waals surface area contributed by atoms with E-state index in [0.29, 0.717) is 19.0 Å². The van der Waals surface area contributed by atoms with Crippen LogP contribution >= 0.6 is 11.8 Å². The molecule has 6 atom stereocenters. The molecule has 2 aliphatic heterocycles. The molecule has 2 saturated heterocycles. The standard InChI is InChI=1S/C26H44N2O5SSi/c1-8-14-32-25(31)28-13-12-18(15-28)16-34-20-11-9-10-19(23(20)29)22-21(24(30)27-22)17(2)33-35(6,7)26(3,4)5/h8,17-22H,1,9-16H2,2-7H3,(H,27,30)/t17-,18+,19-,20+,21-,22-/m1/s1. The average Bonchev–Trinajstić information content (AvgIpc) is 3.23. The van der Waals surface area contributed by atoms with Gasteiger partial charge in [0.15, 0.2) is 14.1 Å². The molecule has 0 bridgehead atoms. The second-order valence-corrected chi connectivity index (χ2v) is 17.9. The van der Waals surface area contributed by atoms with Gasteiger partial charge in [-0.25, -0.2) is 4.79 Å². The molecule has 0 unspecified atom stereocenters. The Bertz CT molecular complexity index is 814. The maximum atomic E-state index is 13.5. The van der Waals surface area contributed by atoms with Crippen molar-refractivity contribution in [3.8, 4) is 0 Å². The van der Waals surface area contributed by atoms with E-state index in [1.54, 1.807) is 22.7 Å². The second-order valence-electron chi connectivity index (χ2n) is 11.9. The van der Waals surface area contributed by atoms with Gasteiger partial charge in [0.05, 0.1) is 23.3 Å². The van der Waals surface area contributed by atoms with Crippen LogP contribution in [0, 0.1) is 17.8 Å². The first-order valence-corrected chi connectivity index (χ1v) is 17.0. The molecule has 3 fully saturated rings. The molecule has 198 valence electrons. The second kappa shape index (κ2) is 11.4. The highest BCUT2D eigenvalue weighted by molar-refractivity contribution is 8.00. The lowest BCUT2D eigenvalue weighted by molar-refractivity contribution is -0.145. The quantitative estimate of drug-likeness (QED) is 0.269. The number of β-lactam (4-membered cyclic amide) rings is 1. The van der Waals surface area contributed by atoms with Gasteiger partial charge in [-0.1, -0.05) is 39.8 Å². The minimum absolute atomic E-state index is 0.0122. The first-order valence-electron chi connectivity index (χ1n) is 13.0. The summed E-state index contributed by atoms with van der Waals surface area (Å²) in [5.41, 5.74) is 0. The fraction of sp³-hybridized carbons (Fsp3) is 0.808. The molecule has 0 aromatic carbocycles. The van der Waals surface area contributed by atoms with Gasteiger partial charge in [0.25, 0.3) is 0 Å². The highest BCUT2D eigenvalue weighted by Gasteiger charge is 2.52. The van der Waals surface area contributed by atoms with Crippen molar-refractivity contribution in [2.24, 2.45) is 17.8 Å². The molecule has 3 rings (SSSR count). The number of likely N-dealkylation sites (tertiary alicyclic amines) is 1. The van der Waals surface area contributed by atoms with Crippen LogP contribution in [-0.2, 0) is 18.8 Å². The van der Waals surface area contributed by atoms with E-state index in [4.69, 9.17) is 9.16 Å². The molecule has 35 heavy (non-hydrogen) atoms. The summed E-state index contributed by atoms with van der Waals surface area (Å²) in [6.07, 6.45) is 4.74. The fourth-order valence-electron chi connectivity index (χ4n) is 5.16.